The van der Waals surface area contributed by atoms with Crippen LogP contribution in [0.25, 0.3) is 10.9 Å². The minimum absolute atomic E-state index is 0.193. The molecule has 0 spiro atoms. The van der Waals surface area contributed by atoms with Gasteiger partial charge in [0.05, 0.1) is 36.5 Å². The first-order chi connectivity index (χ1) is 11.1. The van der Waals surface area contributed by atoms with E-state index in [1.807, 2.05) is 10.9 Å². The van der Waals surface area contributed by atoms with E-state index in [0.29, 0.717) is 30.3 Å². The lowest BCUT2D eigenvalue weighted by atomic mass is 10.0. The van der Waals surface area contributed by atoms with E-state index in [1.165, 1.54) is 7.11 Å². The molecule has 126 valence electrons. The molecule has 2 N–H and O–H groups in total. The van der Waals surface area contributed by atoms with Crippen molar-refractivity contribution in [2.45, 2.75) is 32.2 Å². The number of carbonyl (C=O) groups is 1. The third-order valence-corrected chi connectivity index (χ3v) is 4.08. The first kappa shape index (κ1) is 17.6. The van der Waals surface area contributed by atoms with Gasteiger partial charge in [0.25, 0.3) is 0 Å². The molecule has 7 heteroatoms. The maximum Gasteiger partial charge on any atom is 0.305 e. The van der Waals surface area contributed by atoms with Gasteiger partial charge >= 0.3 is 5.97 Å². The van der Waals surface area contributed by atoms with Crippen LogP contribution in [0, 0.1) is 0 Å². The van der Waals surface area contributed by atoms with Crippen LogP contribution in [0.15, 0.2) is 12.3 Å². The summed E-state index contributed by atoms with van der Waals surface area (Å²) in [7, 11) is 3.06. The molecule has 0 aliphatic heterocycles. The molecule has 0 bridgehead atoms. The van der Waals surface area contributed by atoms with Gasteiger partial charge in [-0.1, -0.05) is 11.6 Å². The highest BCUT2D eigenvalue weighted by Crippen LogP contribution is 2.32. The predicted molar refractivity (Wildman–Crippen MR) is 90.6 cm³/mol. The lowest BCUT2D eigenvalue weighted by Gasteiger charge is -2.08. The maximum atomic E-state index is 11.2. The molecular formula is C16H22ClN3O3. The Morgan fingerprint density at radius 1 is 1.39 bits per heavy atom. The van der Waals surface area contributed by atoms with E-state index in [0.717, 1.165) is 35.7 Å². The van der Waals surface area contributed by atoms with Crippen LogP contribution in [0.5, 0.6) is 0 Å². The fourth-order valence-electron chi connectivity index (χ4n) is 2.50. The summed E-state index contributed by atoms with van der Waals surface area (Å²) in [6, 6.07) is 1.79. The van der Waals surface area contributed by atoms with Crippen LogP contribution in [-0.2, 0) is 27.2 Å². The Kier molecular flexibility index (Phi) is 6.24. The number of nitrogens with two attached hydrogens (primary N) is 1. The summed E-state index contributed by atoms with van der Waals surface area (Å²) < 4.78 is 11.6. The molecule has 0 aliphatic carbocycles. The van der Waals surface area contributed by atoms with Crippen molar-refractivity contribution >= 4 is 34.2 Å². The Hall–Kier alpha value is -1.79. The fourth-order valence-corrected chi connectivity index (χ4v) is 2.72. The number of methoxy groups -OCH3 is 2. The smallest absolute Gasteiger partial charge is 0.305 e. The molecule has 2 rings (SSSR count). The first-order valence-electron chi connectivity index (χ1n) is 7.56. The highest BCUT2D eigenvalue weighted by atomic mass is 35.5. The summed E-state index contributed by atoms with van der Waals surface area (Å²) in [6.07, 6.45) is 4.70. The van der Waals surface area contributed by atoms with Gasteiger partial charge in [0, 0.05) is 25.1 Å². The number of aryl methyl sites for hydroxylation is 1. The van der Waals surface area contributed by atoms with Gasteiger partial charge in [-0.2, -0.15) is 5.10 Å². The number of benzene rings is 1. The number of anilines is 1. The van der Waals surface area contributed by atoms with Crippen LogP contribution in [-0.4, -0.2) is 36.6 Å². The molecule has 1 heterocycles. The zero-order valence-corrected chi connectivity index (χ0v) is 14.2. The zero-order chi connectivity index (χ0) is 16.8. The molecule has 0 amide bonds. The fraction of sp³-hybridized carbons (Fsp3) is 0.500. The summed E-state index contributed by atoms with van der Waals surface area (Å²) in [4.78, 5) is 11.2. The number of fused-ring (bicyclic) bond motifs is 1. The van der Waals surface area contributed by atoms with E-state index in [9.17, 15) is 4.79 Å². The lowest BCUT2D eigenvalue weighted by molar-refractivity contribution is -0.140. The van der Waals surface area contributed by atoms with Crippen molar-refractivity contribution in [2.75, 3.05) is 26.6 Å². The Labute approximate surface area is 140 Å². The molecule has 0 saturated heterocycles. The van der Waals surface area contributed by atoms with Crippen LogP contribution in [0.2, 0.25) is 5.02 Å². The van der Waals surface area contributed by atoms with Gasteiger partial charge in [0.15, 0.2) is 0 Å². The Morgan fingerprint density at radius 3 is 2.87 bits per heavy atom. The summed E-state index contributed by atoms with van der Waals surface area (Å²) in [5.74, 6) is -0.193. The summed E-state index contributed by atoms with van der Waals surface area (Å²) in [5, 5.41) is 6.02. The van der Waals surface area contributed by atoms with Crippen molar-refractivity contribution in [1.29, 1.82) is 0 Å². The molecule has 2 aromatic rings. The van der Waals surface area contributed by atoms with Gasteiger partial charge in [-0.25, -0.2) is 0 Å². The van der Waals surface area contributed by atoms with Gasteiger partial charge in [0.1, 0.15) is 0 Å². The lowest BCUT2D eigenvalue weighted by Crippen LogP contribution is -2.03. The molecule has 23 heavy (non-hydrogen) atoms. The van der Waals surface area contributed by atoms with Crippen molar-refractivity contribution in [3.05, 3.63) is 22.8 Å². The summed E-state index contributed by atoms with van der Waals surface area (Å²) in [5.41, 5.74) is 8.54. The number of aromatic nitrogens is 2. The van der Waals surface area contributed by atoms with E-state index in [2.05, 4.69) is 9.84 Å². The number of esters is 1. The topological polar surface area (TPSA) is 79.4 Å². The number of rotatable bonds is 8. The second kappa shape index (κ2) is 8.17. The Morgan fingerprint density at radius 2 is 2.17 bits per heavy atom. The largest absolute Gasteiger partial charge is 0.469 e. The van der Waals surface area contributed by atoms with Gasteiger partial charge in [0.2, 0.25) is 0 Å². The molecule has 6 nitrogen and oxygen atoms in total. The second-order valence-corrected chi connectivity index (χ2v) is 5.76. The molecule has 0 radical (unpaired) electrons. The number of nitrogen functional groups attached to an aromatic ring is 1. The standard InChI is InChI=1S/C16H22ClN3O3/c1-22-8-7-20-10-12-11(5-3-4-6-15(21)23-2)16(18)13(17)9-14(12)19-20/h9-10H,3-8,18H2,1-2H3. The summed E-state index contributed by atoms with van der Waals surface area (Å²) >= 11 is 6.22. The Balaban J connectivity index is 2.17. The number of hydrogen-bond acceptors (Lipinski definition) is 5. The highest BCUT2D eigenvalue weighted by molar-refractivity contribution is 6.34. The van der Waals surface area contributed by atoms with E-state index in [1.54, 1.807) is 13.2 Å². The number of nitrogens with zero attached hydrogens (tertiary/aromatic N) is 2. The van der Waals surface area contributed by atoms with Crippen LogP contribution >= 0.6 is 11.6 Å². The zero-order valence-electron chi connectivity index (χ0n) is 13.5. The first-order valence-corrected chi connectivity index (χ1v) is 7.94. The second-order valence-electron chi connectivity index (χ2n) is 5.35. The van der Waals surface area contributed by atoms with E-state index in [4.69, 9.17) is 22.1 Å². The van der Waals surface area contributed by atoms with Crippen molar-refractivity contribution in [2.24, 2.45) is 0 Å². The minimum Gasteiger partial charge on any atom is -0.469 e. The molecule has 0 unspecified atom stereocenters. The molecule has 0 atom stereocenters. The minimum atomic E-state index is -0.193. The molecule has 1 aromatic carbocycles. The number of ether oxygens (including phenoxy) is 2. The van der Waals surface area contributed by atoms with Crippen LogP contribution in [0.3, 0.4) is 0 Å². The molecule has 0 fully saturated rings. The third-order valence-electron chi connectivity index (χ3n) is 3.77. The van der Waals surface area contributed by atoms with Crippen LogP contribution < -0.4 is 5.73 Å². The number of carbonyl (C=O) groups excluding carboxylic acids is 1. The van der Waals surface area contributed by atoms with E-state index >= 15 is 0 Å². The van der Waals surface area contributed by atoms with Gasteiger partial charge in [-0.3, -0.25) is 9.48 Å². The highest BCUT2D eigenvalue weighted by Gasteiger charge is 2.13. The van der Waals surface area contributed by atoms with Gasteiger partial charge in [-0.05, 0) is 30.9 Å². The van der Waals surface area contributed by atoms with Crippen molar-refractivity contribution in [3.63, 3.8) is 0 Å². The quantitative estimate of drug-likeness (QED) is 0.454. The average Bonchev–Trinajstić information content (AvgIpc) is 2.94. The maximum absolute atomic E-state index is 11.2. The van der Waals surface area contributed by atoms with Gasteiger partial charge in [-0.15, -0.1) is 0 Å². The van der Waals surface area contributed by atoms with E-state index < -0.39 is 0 Å². The van der Waals surface area contributed by atoms with Crippen molar-refractivity contribution < 1.29 is 14.3 Å². The van der Waals surface area contributed by atoms with Crippen molar-refractivity contribution in [3.8, 4) is 0 Å². The van der Waals surface area contributed by atoms with Crippen LogP contribution in [0.4, 0.5) is 5.69 Å². The monoisotopic (exact) mass is 339 g/mol. The van der Waals surface area contributed by atoms with Gasteiger partial charge < -0.3 is 15.2 Å². The third kappa shape index (κ3) is 4.36. The number of hydrogen-bond donors (Lipinski definition) is 1. The Bertz CT molecular complexity index is 685. The normalized spacial score (nSPS) is 11.1. The number of unbranched alkanes of at least 4 members (excludes halogenated alkanes) is 1. The van der Waals surface area contributed by atoms with E-state index in [-0.39, 0.29) is 5.97 Å². The average molecular weight is 340 g/mol. The number of halogens is 1. The molecule has 0 saturated carbocycles. The summed E-state index contributed by atoms with van der Waals surface area (Å²) in [6.45, 7) is 1.26. The predicted octanol–water partition coefficient (Wildman–Crippen LogP) is 2.80. The van der Waals surface area contributed by atoms with Crippen LogP contribution in [0.1, 0.15) is 24.8 Å². The molecule has 1 aromatic heterocycles. The SMILES string of the molecule is COCCn1cc2c(CCCCC(=O)OC)c(N)c(Cl)cc2n1. The molecular weight excluding hydrogens is 318 g/mol. The van der Waals surface area contributed by atoms with Crippen molar-refractivity contribution in [1.82, 2.24) is 9.78 Å². The molecule has 0 aliphatic rings.